The lowest BCUT2D eigenvalue weighted by Crippen LogP contribution is -2.03. The van der Waals surface area contributed by atoms with Crippen LogP contribution in [0.1, 0.15) is 45.7 Å². The number of halogens is 2. The normalized spacial score (nSPS) is 10.5. The number of nitrogens with zero attached hydrogens (tertiary/aromatic N) is 2. The van der Waals surface area contributed by atoms with Crippen molar-refractivity contribution < 1.29 is 4.39 Å². The summed E-state index contributed by atoms with van der Waals surface area (Å²) < 4.78 is 14.2. The Morgan fingerprint density at radius 3 is 2.50 bits per heavy atom. The summed E-state index contributed by atoms with van der Waals surface area (Å²) in [6.45, 7) is 13.3. The fraction of sp³-hybridized carbons (Fsp3) is 0.375. The minimum atomic E-state index is -0.547. The van der Waals surface area contributed by atoms with Crippen LogP contribution >= 0.6 is 11.6 Å². The fourth-order valence-corrected chi connectivity index (χ4v) is 2.25. The molecule has 22 heavy (non-hydrogen) atoms. The van der Waals surface area contributed by atoms with E-state index in [4.69, 9.17) is 17.3 Å². The van der Waals surface area contributed by atoms with Gasteiger partial charge in [0.05, 0.1) is 22.4 Å². The molecule has 3 N–H and O–H groups in total. The zero-order valence-corrected chi connectivity index (χ0v) is 14.6. The molecule has 0 radical (unpaired) electrons. The first kappa shape index (κ1) is 20.3. The van der Waals surface area contributed by atoms with Gasteiger partial charge >= 0.3 is 0 Å². The second-order valence-corrected chi connectivity index (χ2v) is 4.05. The number of nitrogens with one attached hydrogen (secondary N) is 1. The van der Waals surface area contributed by atoms with Crippen molar-refractivity contribution in [1.82, 2.24) is 10.2 Å². The maximum absolute atomic E-state index is 14.2. The van der Waals surface area contributed by atoms with E-state index in [0.29, 0.717) is 27.7 Å². The molecule has 1 aromatic heterocycles. The third kappa shape index (κ3) is 3.72. The van der Waals surface area contributed by atoms with Gasteiger partial charge in [0.1, 0.15) is 5.82 Å². The van der Waals surface area contributed by atoms with E-state index in [9.17, 15) is 4.39 Å². The maximum Gasteiger partial charge on any atom is 0.149 e. The average Bonchev–Trinajstić information content (AvgIpc) is 3.05. The third-order valence-electron chi connectivity index (χ3n) is 2.79. The minimum absolute atomic E-state index is 0.00940. The van der Waals surface area contributed by atoms with Crippen molar-refractivity contribution in [3.05, 3.63) is 34.2 Å². The Hall–Kier alpha value is -1.72. The Morgan fingerprint density at radius 2 is 2.05 bits per heavy atom. The number of H-pyrrole nitrogens is 1. The number of aromatic nitrogens is 2. The molecule has 0 aliphatic carbocycles. The van der Waals surface area contributed by atoms with Gasteiger partial charge in [-0.1, -0.05) is 45.4 Å². The minimum Gasteiger partial charge on any atom is -0.326 e. The average molecular weight is 327 g/mol. The molecule has 0 saturated carbocycles. The number of allylic oxidation sites excluding steroid dienone is 1. The SMILES string of the molecule is C=N/C(=C\C)c1c(Cl)c(F)c(CN)c2[nH]ncc12.CC.CC. The molecule has 0 saturated heterocycles. The van der Waals surface area contributed by atoms with Crippen LogP contribution in [-0.2, 0) is 6.54 Å². The van der Waals surface area contributed by atoms with Crippen LogP contribution < -0.4 is 5.73 Å². The number of benzene rings is 1. The molecule has 2 rings (SSSR count). The predicted octanol–water partition coefficient (Wildman–Crippen LogP) is 4.93. The van der Waals surface area contributed by atoms with Crippen molar-refractivity contribution >= 4 is 34.9 Å². The first-order chi connectivity index (χ1) is 10.7. The van der Waals surface area contributed by atoms with Crippen LogP contribution in [0.3, 0.4) is 0 Å². The van der Waals surface area contributed by atoms with Crippen LogP contribution in [0, 0.1) is 5.82 Å². The van der Waals surface area contributed by atoms with Crippen molar-refractivity contribution in [2.45, 2.75) is 41.2 Å². The quantitative estimate of drug-likeness (QED) is 0.785. The molecule has 0 spiro atoms. The van der Waals surface area contributed by atoms with Crippen LogP contribution in [0.5, 0.6) is 0 Å². The van der Waals surface area contributed by atoms with Crippen LogP contribution in [-0.4, -0.2) is 16.9 Å². The highest BCUT2D eigenvalue weighted by molar-refractivity contribution is 6.34. The summed E-state index contributed by atoms with van der Waals surface area (Å²) in [4.78, 5) is 3.85. The standard InChI is InChI=1S/C12H12ClFN4.2C2H6/c1-3-8(16-2)9-7-5-17-18-12(7)6(4-15)11(14)10(9)13;2*1-2/h3,5H,2,4,15H2,1H3,(H,17,18);2*1-2H3/b8-3-;;. The van der Waals surface area contributed by atoms with Gasteiger partial charge in [-0.15, -0.1) is 0 Å². The molecule has 1 heterocycles. The van der Waals surface area contributed by atoms with Crippen molar-refractivity contribution in [2.24, 2.45) is 10.7 Å². The lowest BCUT2D eigenvalue weighted by molar-refractivity contribution is 0.613. The highest BCUT2D eigenvalue weighted by Gasteiger charge is 2.20. The van der Waals surface area contributed by atoms with Crippen LogP contribution in [0.2, 0.25) is 5.02 Å². The summed E-state index contributed by atoms with van der Waals surface area (Å²) >= 11 is 6.06. The predicted molar refractivity (Wildman–Crippen MR) is 94.8 cm³/mol. The highest BCUT2D eigenvalue weighted by atomic mass is 35.5. The second-order valence-electron chi connectivity index (χ2n) is 3.68. The Labute approximate surface area is 136 Å². The van der Waals surface area contributed by atoms with Gasteiger partial charge in [0.25, 0.3) is 0 Å². The number of aromatic amines is 1. The zero-order chi connectivity index (χ0) is 17.3. The molecular formula is C16H24ClFN4. The third-order valence-corrected chi connectivity index (χ3v) is 3.15. The van der Waals surface area contributed by atoms with E-state index in [2.05, 4.69) is 21.9 Å². The molecule has 0 bridgehead atoms. The number of nitrogens with two attached hydrogens (primary N) is 1. The van der Waals surface area contributed by atoms with E-state index in [1.54, 1.807) is 19.2 Å². The van der Waals surface area contributed by atoms with Gasteiger partial charge in [-0.05, 0) is 13.6 Å². The van der Waals surface area contributed by atoms with E-state index in [1.165, 1.54) is 0 Å². The molecule has 122 valence electrons. The van der Waals surface area contributed by atoms with Crippen molar-refractivity contribution in [2.75, 3.05) is 0 Å². The first-order valence-corrected chi connectivity index (χ1v) is 7.69. The summed E-state index contributed by atoms with van der Waals surface area (Å²) in [7, 11) is 0. The molecule has 1 aromatic carbocycles. The van der Waals surface area contributed by atoms with Crippen molar-refractivity contribution in [3.8, 4) is 0 Å². The van der Waals surface area contributed by atoms with Gasteiger partial charge in [-0.25, -0.2) is 4.39 Å². The molecular weight excluding hydrogens is 303 g/mol. The lowest BCUT2D eigenvalue weighted by Gasteiger charge is -2.11. The van der Waals surface area contributed by atoms with Crippen LogP contribution in [0.15, 0.2) is 17.3 Å². The number of aliphatic imine (C=N–C) groups is 1. The van der Waals surface area contributed by atoms with Crippen LogP contribution in [0.25, 0.3) is 16.6 Å². The molecule has 0 unspecified atom stereocenters. The van der Waals surface area contributed by atoms with Crippen LogP contribution in [0.4, 0.5) is 4.39 Å². The van der Waals surface area contributed by atoms with Gasteiger partial charge < -0.3 is 5.73 Å². The fourth-order valence-electron chi connectivity index (χ4n) is 1.93. The van der Waals surface area contributed by atoms with E-state index < -0.39 is 5.82 Å². The highest BCUT2D eigenvalue weighted by Crippen LogP contribution is 2.36. The Morgan fingerprint density at radius 1 is 1.45 bits per heavy atom. The van der Waals surface area contributed by atoms with Gasteiger partial charge in [0, 0.05) is 23.1 Å². The van der Waals surface area contributed by atoms with Crippen molar-refractivity contribution in [1.29, 1.82) is 0 Å². The molecule has 6 heteroatoms. The molecule has 0 aliphatic heterocycles. The van der Waals surface area contributed by atoms with E-state index in [0.717, 1.165) is 0 Å². The molecule has 0 amide bonds. The summed E-state index contributed by atoms with van der Waals surface area (Å²) in [5, 5.41) is 7.31. The lowest BCUT2D eigenvalue weighted by atomic mass is 10.0. The van der Waals surface area contributed by atoms with Gasteiger partial charge in [0.15, 0.2) is 0 Å². The molecule has 4 nitrogen and oxygen atoms in total. The van der Waals surface area contributed by atoms with E-state index >= 15 is 0 Å². The largest absolute Gasteiger partial charge is 0.326 e. The molecule has 2 aromatic rings. The number of rotatable bonds is 3. The number of hydrogen-bond donors (Lipinski definition) is 2. The Balaban J connectivity index is 0.00000102. The van der Waals surface area contributed by atoms with Gasteiger partial charge in [0.2, 0.25) is 0 Å². The topological polar surface area (TPSA) is 67.1 Å². The maximum atomic E-state index is 14.2. The molecule has 0 aliphatic rings. The zero-order valence-electron chi connectivity index (χ0n) is 13.8. The van der Waals surface area contributed by atoms with Gasteiger partial charge in [-0.3, -0.25) is 10.1 Å². The Bertz CT molecular complexity index is 647. The van der Waals surface area contributed by atoms with E-state index in [1.807, 2.05) is 27.7 Å². The van der Waals surface area contributed by atoms with Crippen molar-refractivity contribution in [3.63, 3.8) is 0 Å². The molecule has 0 fully saturated rings. The summed E-state index contributed by atoms with van der Waals surface area (Å²) in [6, 6.07) is 0. The number of hydrogen-bond acceptors (Lipinski definition) is 3. The summed E-state index contributed by atoms with van der Waals surface area (Å²) in [5.41, 5.74) is 7.38. The second kappa shape index (κ2) is 10.1. The first-order valence-electron chi connectivity index (χ1n) is 7.32. The van der Waals surface area contributed by atoms with E-state index in [-0.39, 0.29) is 11.6 Å². The smallest absolute Gasteiger partial charge is 0.149 e. The Kier molecular flexibility index (Phi) is 9.29. The monoisotopic (exact) mass is 326 g/mol. The van der Waals surface area contributed by atoms with Gasteiger partial charge in [-0.2, -0.15) is 5.10 Å². The number of fused-ring (bicyclic) bond motifs is 1. The summed E-state index contributed by atoms with van der Waals surface area (Å²) in [6.07, 6.45) is 3.28. The molecule has 0 atom stereocenters. The summed E-state index contributed by atoms with van der Waals surface area (Å²) in [5.74, 6) is -0.547.